The van der Waals surface area contributed by atoms with E-state index in [-0.39, 0.29) is 39.0 Å². The average Bonchev–Trinajstić information content (AvgIpc) is 2.23. The van der Waals surface area contributed by atoms with Crippen LogP contribution >= 0.6 is 54.2 Å². The minimum absolute atomic E-state index is 0. The van der Waals surface area contributed by atoms with Crippen LogP contribution in [0.1, 0.15) is 0 Å². The van der Waals surface area contributed by atoms with Gasteiger partial charge in [-0.3, -0.25) is 0 Å². The summed E-state index contributed by atoms with van der Waals surface area (Å²) in [7, 11) is -5.35. The fourth-order valence-corrected chi connectivity index (χ4v) is 0.459. The molecule has 0 aliphatic rings. The molecule has 0 spiro atoms. The fourth-order valence-electron chi connectivity index (χ4n) is 0.0510. The predicted molar refractivity (Wildman–Crippen MR) is 53.1 cm³/mol. The predicted octanol–water partition coefficient (Wildman–Crippen LogP) is -3.78. The van der Waals surface area contributed by atoms with E-state index in [1.165, 1.54) is 0 Å². The molecule has 0 aromatic heterocycles. The Kier molecular flexibility index (Phi) is 81.5. The van der Waals surface area contributed by atoms with Crippen LogP contribution in [0.3, 0.4) is 0 Å². The molecule has 0 aromatic carbocycles. The normalized spacial score (nSPS) is 11.6. The van der Waals surface area contributed by atoms with Crippen molar-refractivity contribution in [1.82, 2.24) is 0 Å². The largest absolute Gasteiger partial charge is 3.00 e. The molecule has 0 bridgehead atoms. The number of rotatable bonds is 6. The molecule has 17 heteroatoms. The summed E-state index contributed by atoms with van der Waals surface area (Å²) in [5.74, 6) is 0. The summed E-state index contributed by atoms with van der Waals surface area (Å²) in [5, 5.41) is 0. The van der Waals surface area contributed by atoms with Crippen LogP contribution in [0, 0.1) is 0 Å². The molecule has 6 atom stereocenters. The van der Waals surface area contributed by atoms with Gasteiger partial charge in [-0.25, -0.2) is 0 Å². The number of hydrogen-bond acceptors (Lipinski definition) is 9. The van der Waals surface area contributed by atoms with Crippen molar-refractivity contribution in [3.8, 4) is 0 Å². The Bertz CT molecular complexity index is 60.2. The molecular formula is H6O9P6Rh2. The third-order valence-electron chi connectivity index (χ3n) is 0.250. The maximum atomic E-state index is 9.14. The molecule has 0 fully saturated rings. The van der Waals surface area contributed by atoms with Crippen LogP contribution in [-0.2, 0) is 51.9 Å². The Morgan fingerprint density at radius 3 is 0.529 bits per heavy atom. The van der Waals surface area contributed by atoms with Gasteiger partial charge in [0.15, 0.2) is 0 Å². The van der Waals surface area contributed by atoms with Crippen molar-refractivity contribution < 1.29 is 81.2 Å². The molecule has 0 amide bonds. The van der Waals surface area contributed by atoms with Gasteiger partial charge in [0.2, 0.25) is 0 Å². The molecule has 0 aliphatic carbocycles. The Hall–Kier alpha value is 3.47. The molecule has 17 heavy (non-hydrogen) atoms. The molecule has 0 saturated carbocycles. The Labute approximate surface area is 135 Å². The molecule has 0 radical (unpaired) electrons. The smallest absolute Gasteiger partial charge is 0.810 e. The van der Waals surface area contributed by atoms with Crippen molar-refractivity contribution in [3.05, 3.63) is 0 Å². The van der Waals surface area contributed by atoms with Crippen LogP contribution in [0.2, 0.25) is 0 Å². The van der Waals surface area contributed by atoms with Gasteiger partial charge in [0.05, 0.1) is 0 Å². The molecule has 0 saturated heterocycles. The van der Waals surface area contributed by atoms with Crippen LogP contribution in [-0.4, -0.2) is 0 Å². The topological polar surface area (TPSA) is 166 Å². The molecule has 9 nitrogen and oxygen atoms in total. The van der Waals surface area contributed by atoms with Crippen LogP contribution in [0.25, 0.3) is 0 Å². The van der Waals surface area contributed by atoms with Gasteiger partial charge in [-0.05, 0) is 0 Å². The minimum atomic E-state index is -0.892. The summed E-state index contributed by atoms with van der Waals surface area (Å²) >= 11 is 0. The van der Waals surface area contributed by atoms with Gasteiger partial charge in [0.25, 0.3) is 0 Å². The Morgan fingerprint density at radius 1 is 0.412 bits per heavy atom. The van der Waals surface area contributed by atoms with Gasteiger partial charge < -0.3 is 42.3 Å². The first kappa shape index (κ1) is 32.4. The van der Waals surface area contributed by atoms with E-state index in [0.29, 0.717) is 0 Å². The molecule has 6 unspecified atom stereocenters. The van der Waals surface area contributed by atoms with Crippen LogP contribution in [0.5, 0.6) is 0 Å². The number of hydrogen-bond donors (Lipinski definition) is 0. The van der Waals surface area contributed by atoms with E-state index < -0.39 is 54.2 Å². The van der Waals surface area contributed by atoms with Crippen molar-refractivity contribution in [3.63, 3.8) is 0 Å². The van der Waals surface area contributed by atoms with Gasteiger partial charge in [0.1, 0.15) is 0 Å². The van der Waals surface area contributed by atoms with Crippen molar-refractivity contribution in [2.45, 2.75) is 0 Å². The second-order valence-corrected chi connectivity index (χ2v) is 4.26. The first-order valence-corrected chi connectivity index (χ1v) is 7.35. The third-order valence-corrected chi connectivity index (χ3v) is 2.25. The fraction of sp³-hybridized carbons (Fsp3) is 0. The summed E-state index contributed by atoms with van der Waals surface area (Å²) < 4.78 is 11.3. The molecule has 0 N–H and O–H groups in total. The van der Waals surface area contributed by atoms with Crippen LogP contribution < -0.4 is 29.4 Å². The van der Waals surface area contributed by atoms with E-state index in [1.807, 2.05) is 0 Å². The molecule has 0 heterocycles. The van der Waals surface area contributed by atoms with E-state index >= 15 is 0 Å². The molecular weight excluding hydrogens is 536 g/mol. The van der Waals surface area contributed by atoms with E-state index in [1.54, 1.807) is 0 Å². The zero-order valence-corrected chi connectivity index (χ0v) is 16.6. The summed E-state index contributed by atoms with van der Waals surface area (Å²) in [6.07, 6.45) is 0. The quantitative estimate of drug-likeness (QED) is 0.242. The summed E-state index contributed by atoms with van der Waals surface area (Å²) in [6, 6.07) is 0. The monoisotopic (exact) mass is 542 g/mol. The zero-order chi connectivity index (χ0) is 12.4. The third kappa shape index (κ3) is 66.3. The maximum absolute atomic E-state index is 9.14. The second-order valence-electron chi connectivity index (χ2n) is 0.806. The Balaban J connectivity index is -0.0000000400. The van der Waals surface area contributed by atoms with Gasteiger partial charge in [0, 0.05) is 0 Å². The summed E-state index contributed by atoms with van der Waals surface area (Å²) in [5.41, 5.74) is 0. The van der Waals surface area contributed by atoms with E-state index in [2.05, 4.69) is 12.9 Å². The standard InChI is InChI=1S/3H2O3P2.2Rh/c3*1-4-3-5-2;;/h3*4-5H;;/q3*-2;2*+3. The van der Waals surface area contributed by atoms with Crippen molar-refractivity contribution in [1.29, 1.82) is 0 Å². The summed E-state index contributed by atoms with van der Waals surface area (Å²) in [6.45, 7) is 0. The zero-order valence-electron chi connectivity index (χ0n) is 7.34. The van der Waals surface area contributed by atoms with Crippen molar-refractivity contribution in [2.24, 2.45) is 0 Å². The van der Waals surface area contributed by atoms with Crippen molar-refractivity contribution >= 4 is 54.2 Å². The maximum Gasteiger partial charge on any atom is 3.00 e. The molecule has 0 aromatic rings. The van der Waals surface area contributed by atoms with Gasteiger partial charge in [-0.15, -0.1) is 0 Å². The molecule has 0 aliphatic heterocycles. The SMILES string of the molecule is [O-]POP[O-].[O-]POP[O-].[O-]POP[O-].[Rh+3].[Rh+3]. The first-order chi connectivity index (χ1) is 7.24. The minimum Gasteiger partial charge on any atom is -0.810 e. The average molecular weight is 542 g/mol. The Morgan fingerprint density at radius 2 is 0.529 bits per heavy atom. The van der Waals surface area contributed by atoms with E-state index in [9.17, 15) is 0 Å². The first-order valence-electron chi connectivity index (χ1n) is 2.45. The van der Waals surface area contributed by atoms with Gasteiger partial charge in [-0.2, -0.15) is 0 Å². The van der Waals surface area contributed by atoms with E-state index in [4.69, 9.17) is 29.4 Å². The molecule has 108 valence electrons. The van der Waals surface area contributed by atoms with Crippen molar-refractivity contribution in [2.75, 3.05) is 0 Å². The van der Waals surface area contributed by atoms with Gasteiger partial charge >= 0.3 is 39.0 Å². The molecule has 0 rings (SSSR count). The second kappa shape index (κ2) is 42.7. The van der Waals surface area contributed by atoms with E-state index in [0.717, 1.165) is 0 Å². The van der Waals surface area contributed by atoms with Gasteiger partial charge in [-0.1, -0.05) is 54.2 Å². The van der Waals surface area contributed by atoms with Crippen LogP contribution in [0.4, 0.5) is 0 Å². The summed E-state index contributed by atoms with van der Waals surface area (Å²) in [4.78, 5) is 54.9. The van der Waals surface area contributed by atoms with Crippen LogP contribution in [0.15, 0.2) is 0 Å².